The van der Waals surface area contributed by atoms with Gasteiger partial charge in [-0.05, 0) is 234 Å². The zero-order valence-electron chi connectivity index (χ0n) is 84.1. The third-order valence-corrected chi connectivity index (χ3v) is 27.5. The molecule has 0 aliphatic carbocycles. The standard InChI is InChI=1S/2C27H27N3.C24H18Br3N3.C24H18Cl3N3.C24H24N6/c2*1-18-4-10-21(11-5-18)16-24-26(23-14-8-20(3)9-15-23)27(28)30-25(29-24)17-22-12-6-19(2)7-13-22;3*25-18-7-1-15(2-8-18)13-21-23(17-5-11-20(27)12-6-17)24(28)30-22(29-21)14-16-3-9-19(26)10-4-16/h2*4-15H,16-17H2,1-3H3,(H2,28,29,30);2*1-12H,13-14H2,(H2,28,29,30);1-12H,13-14,25-27H2,(H2,28,29,30). The van der Waals surface area contributed by atoms with E-state index in [0.29, 0.717) is 113 Å². The van der Waals surface area contributed by atoms with Crippen molar-refractivity contribution >= 4 is 129 Å². The zero-order chi connectivity index (χ0) is 105. The summed E-state index contributed by atoms with van der Waals surface area (Å²) >= 11 is 28.6. The predicted molar refractivity (Wildman–Crippen MR) is 632 cm³/mol. The van der Waals surface area contributed by atoms with Gasteiger partial charge in [0.2, 0.25) is 0 Å². The topological polar surface area (TPSA) is 337 Å². The van der Waals surface area contributed by atoms with Gasteiger partial charge in [-0.1, -0.05) is 371 Å². The Morgan fingerprint density at radius 2 is 0.300 bits per heavy atom. The van der Waals surface area contributed by atoms with Gasteiger partial charge in [0, 0.05) is 138 Å². The van der Waals surface area contributed by atoms with Crippen LogP contribution < -0.4 is 45.9 Å². The van der Waals surface area contributed by atoms with E-state index in [9.17, 15) is 0 Å². The monoisotopic (exact) mass is 2220 g/mol. The van der Waals surface area contributed by atoms with Crippen LogP contribution in [0.25, 0.3) is 55.6 Å². The minimum absolute atomic E-state index is 0.445. The van der Waals surface area contributed by atoms with Gasteiger partial charge in [0.05, 0.1) is 28.5 Å². The Labute approximate surface area is 917 Å². The van der Waals surface area contributed by atoms with Gasteiger partial charge in [-0.3, -0.25) is 0 Å². The molecule has 0 fully saturated rings. The Kier molecular flexibility index (Phi) is 36.3. The van der Waals surface area contributed by atoms with Crippen LogP contribution in [-0.2, 0) is 64.2 Å². The van der Waals surface area contributed by atoms with Crippen molar-refractivity contribution in [3.05, 3.63) is 539 Å². The number of anilines is 8. The highest BCUT2D eigenvalue weighted by molar-refractivity contribution is 9.11. The average Bonchev–Trinajstić information content (AvgIpc) is 0.808. The molecule has 0 aliphatic rings. The number of halogens is 6. The lowest BCUT2D eigenvalue weighted by Gasteiger charge is -2.14. The molecule has 150 heavy (non-hydrogen) atoms. The molecular formula is C126H114Br3Cl3N18. The summed E-state index contributed by atoms with van der Waals surface area (Å²) in [6.07, 6.45) is 6.44. The van der Waals surface area contributed by atoms with E-state index in [1.165, 1.54) is 61.2 Å². The highest BCUT2D eigenvalue weighted by atomic mass is 79.9. The first-order valence-corrected chi connectivity index (χ1v) is 52.6. The van der Waals surface area contributed by atoms with Crippen molar-refractivity contribution in [2.75, 3.05) is 45.9 Å². The molecule has 0 bridgehead atoms. The van der Waals surface area contributed by atoms with Crippen LogP contribution in [0.2, 0.25) is 15.1 Å². The third-order valence-electron chi connectivity index (χ3n) is 25.2. The van der Waals surface area contributed by atoms with Crippen molar-refractivity contribution in [3.63, 3.8) is 0 Å². The van der Waals surface area contributed by atoms with Crippen LogP contribution >= 0.6 is 82.6 Å². The number of aromatic nitrogens is 10. The number of aryl methyl sites for hydroxylation is 6. The summed E-state index contributed by atoms with van der Waals surface area (Å²) in [6, 6.07) is 122. The summed E-state index contributed by atoms with van der Waals surface area (Å²) in [7, 11) is 0. The molecule has 0 saturated carbocycles. The highest BCUT2D eigenvalue weighted by Crippen LogP contribution is 2.39. The van der Waals surface area contributed by atoms with Gasteiger partial charge in [0.15, 0.2) is 0 Å². The largest absolute Gasteiger partial charge is 0.399 e. The average molecular weight is 2230 g/mol. The van der Waals surface area contributed by atoms with Gasteiger partial charge in [-0.2, -0.15) is 0 Å². The maximum absolute atomic E-state index is 6.50. The number of nitrogens with zero attached hydrogens (tertiary/aromatic N) is 10. The van der Waals surface area contributed by atoms with Gasteiger partial charge in [-0.15, -0.1) is 0 Å². The van der Waals surface area contributed by atoms with Crippen molar-refractivity contribution in [2.24, 2.45) is 0 Å². The summed E-state index contributed by atoms with van der Waals surface area (Å²) in [4.78, 5) is 47.8. The second-order valence-electron chi connectivity index (χ2n) is 37.3. The first-order chi connectivity index (χ1) is 72.4. The van der Waals surface area contributed by atoms with Crippen molar-refractivity contribution in [1.82, 2.24) is 49.8 Å². The van der Waals surface area contributed by atoms with E-state index in [-0.39, 0.29) is 0 Å². The summed E-state index contributed by atoms with van der Waals surface area (Å²) in [5, 5.41) is 2.06. The molecule has 750 valence electrons. The number of hydrogen-bond acceptors (Lipinski definition) is 18. The molecule has 0 unspecified atom stereocenters. The molecule has 0 spiro atoms. The Bertz CT molecular complexity index is 6870. The maximum Gasteiger partial charge on any atom is 0.135 e. The van der Waals surface area contributed by atoms with E-state index >= 15 is 0 Å². The fraction of sp³-hybridized carbons (Fsp3) is 0.127. The minimum Gasteiger partial charge on any atom is -0.399 e. The van der Waals surface area contributed by atoms with Crippen LogP contribution in [0.5, 0.6) is 0 Å². The quantitative estimate of drug-likeness (QED) is 0.0246. The summed E-state index contributed by atoms with van der Waals surface area (Å²) in [6.45, 7) is 12.6. The smallest absolute Gasteiger partial charge is 0.135 e. The normalized spacial score (nSPS) is 10.9. The zero-order valence-corrected chi connectivity index (χ0v) is 91.1. The Hall–Kier alpha value is -15.6. The number of hydrogen-bond donors (Lipinski definition) is 8. The first-order valence-electron chi connectivity index (χ1n) is 49.1. The van der Waals surface area contributed by atoms with Crippen molar-refractivity contribution < 1.29 is 0 Å². The fourth-order valence-corrected chi connectivity index (χ4v) is 18.4. The Morgan fingerprint density at radius 1 is 0.167 bits per heavy atom. The van der Waals surface area contributed by atoms with Crippen LogP contribution in [0.15, 0.2) is 377 Å². The molecule has 0 aliphatic heterocycles. The van der Waals surface area contributed by atoms with Crippen LogP contribution in [-0.4, -0.2) is 49.8 Å². The van der Waals surface area contributed by atoms with E-state index in [2.05, 4.69) is 284 Å². The Morgan fingerprint density at radius 3 is 0.507 bits per heavy atom. The van der Waals surface area contributed by atoms with Crippen molar-refractivity contribution in [3.8, 4) is 55.6 Å². The fourth-order valence-electron chi connectivity index (χ4n) is 17.2. The van der Waals surface area contributed by atoms with Gasteiger partial charge in [0.1, 0.15) is 58.2 Å². The van der Waals surface area contributed by atoms with Crippen molar-refractivity contribution in [1.29, 1.82) is 0 Å². The molecule has 0 atom stereocenters. The molecule has 20 aromatic rings. The number of rotatable bonds is 25. The van der Waals surface area contributed by atoms with E-state index in [1.54, 1.807) is 0 Å². The van der Waals surface area contributed by atoms with Crippen molar-refractivity contribution in [2.45, 2.75) is 106 Å². The van der Waals surface area contributed by atoms with E-state index in [0.717, 1.165) is 167 Å². The third kappa shape index (κ3) is 30.4. The van der Waals surface area contributed by atoms with Crippen LogP contribution in [0.1, 0.15) is 147 Å². The predicted octanol–water partition coefficient (Wildman–Crippen LogP) is 29.4. The summed E-state index contributed by atoms with van der Waals surface area (Å²) in [5.41, 5.74) is 84.8. The second kappa shape index (κ2) is 50.9. The first kappa shape index (κ1) is 107. The highest BCUT2D eigenvalue weighted by Gasteiger charge is 2.24. The number of nitrogens with two attached hydrogens (primary N) is 8. The second-order valence-corrected chi connectivity index (χ2v) is 41.4. The lowest BCUT2D eigenvalue weighted by atomic mass is 9.98. The molecule has 0 radical (unpaired) electrons. The van der Waals surface area contributed by atoms with Gasteiger partial charge in [-0.25, -0.2) is 49.8 Å². The molecule has 5 heterocycles. The van der Waals surface area contributed by atoms with Gasteiger partial charge >= 0.3 is 0 Å². The number of nitrogen functional groups attached to an aromatic ring is 8. The van der Waals surface area contributed by atoms with E-state index < -0.39 is 0 Å². The molecule has 5 aromatic heterocycles. The minimum atomic E-state index is 0.445. The SMILES string of the molecule is Cc1ccc(Cc2nc(N)c(-c3ccc(C)cc3)c(Cc3ccc(C)cc3)n2)cc1.Cc1ccc(Cc2nc(N)c(-c3ccc(C)cc3)c(Cc3ccc(C)cc3)n2)cc1.Nc1ccc(Cc2nc(N)c(-c3ccc(N)cc3)c(Cc3ccc(N)cc3)n2)cc1.Nc1nc(Cc2ccc(Br)cc2)nc(Cc2ccc(Br)cc2)c1-c1ccc(Br)cc1.Nc1nc(Cc2ccc(Cl)cc2)nc(Cc2ccc(Cl)cc2)c1-c1ccc(Cl)cc1. The van der Waals surface area contributed by atoms with Crippen LogP contribution in [0.4, 0.5) is 46.2 Å². The lowest BCUT2D eigenvalue weighted by molar-refractivity contribution is 0.925. The van der Waals surface area contributed by atoms with E-state index in [4.69, 9.17) is 106 Å². The number of benzene rings is 15. The molecule has 20 rings (SSSR count). The van der Waals surface area contributed by atoms with Crippen LogP contribution in [0, 0.1) is 41.5 Å². The molecular weight excluding hydrogens is 2110 g/mol. The molecule has 16 N–H and O–H groups in total. The molecule has 24 heteroatoms. The van der Waals surface area contributed by atoms with Gasteiger partial charge < -0.3 is 45.9 Å². The Balaban J connectivity index is 0.000000133. The van der Waals surface area contributed by atoms with Crippen LogP contribution in [0.3, 0.4) is 0 Å². The maximum atomic E-state index is 6.50. The molecule has 18 nitrogen and oxygen atoms in total. The van der Waals surface area contributed by atoms with Gasteiger partial charge in [0.25, 0.3) is 0 Å². The molecule has 0 saturated heterocycles. The molecule has 15 aromatic carbocycles. The molecule has 0 amide bonds. The van der Waals surface area contributed by atoms with E-state index in [1.807, 2.05) is 194 Å². The summed E-state index contributed by atoms with van der Waals surface area (Å²) in [5.74, 6) is 6.05. The lowest BCUT2D eigenvalue weighted by Crippen LogP contribution is -2.08. The summed E-state index contributed by atoms with van der Waals surface area (Å²) < 4.78 is 3.12.